The highest BCUT2D eigenvalue weighted by molar-refractivity contribution is 5.05. The Labute approximate surface area is 144 Å². The topological polar surface area (TPSA) is 55.4 Å². The Morgan fingerprint density at radius 2 is 1.12 bits per heavy atom. The second-order valence-electron chi connectivity index (χ2n) is 7.72. The predicted molar refractivity (Wildman–Crippen MR) is 85.8 cm³/mol. The monoisotopic (exact) mass is 342 g/mol. The molecule has 3 aliphatic heterocycles. The standard InChI is InChI=1S/C18H30O6/c1-2-20-5-6-22-14-17-10-15-9-16(11-17)13-18(12-15,24-17)23-8-7-21-4-3-19-1/h15-16H,1-14H2/t15-,16+,17?,18?. The van der Waals surface area contributed by atoms with Crippen LogP contribution >= 0.6 is 0 Å². The summed E-state index contributed by atoms with van der Waals surface area (Å²) < 4.78 is 35.3. The molecular weight excluding hydrogens is 312 g/mol. The van der Waals surface area contributed by atoms with E-state index in [2.05, 4.69) is 0 Å². The molecule has 2 saturated carbocycles. The molecule has 0 radical (unpaired) electrons. The van der Waals surface area contributed by atoms with E-state index in [0.717, 1.165) is 25.7 Å². The first-order chi connectivity index (χ1) is 11.8. The molecule has 2 unspecified atom stereocenters. The third kappa shape index (κ3) is 3.94. The summed E-state index contributed by atoms with van der Waals surface area (Å²) in [6.45, 7) is 5.41. The Bertz CT molecular complexity index is 366. The van der Waals surface area contributed by atoms with Crippen molar-refractivity contribution >= 4 is 0 Å². The summed E-state index contributed by atoms with van der Waals surface area (Å²) in [6.07, 6.45) is 5.60. The van der Waals surface area contributed by atoms with E-state index in [1.807, 2.05) is 0 Å². The maximum absolute atomic E-state index is 6.56. The van der Waals surface area contributed by atoms with E-state index in [-0.39, 0.29) is 5.60 Å². The highest BCUT2D eigenvalue weighted by Gasteiger charge is 2.59. The molecule has 0 aromatic heterocycles. The van der Waals surface area contributed by atoms with Crippen LogP contribution in [0.1, 0.15) is 32.1 Å². The summed E-state index contributed by atoms with van der Waals surface area (Å²) in [6, 6.07) is 0. The Morgan fingerprint density at radius 1 is 0.583 bits per heavy atom. The zero-order valence-corrected chi connectivity index (χ0v) is 14.5. The summed E-state index contributed by atoms with van der Waals surface area (Å²) in [7, 11) is 0. The van der Waals surface area contributed by atoms with E-state index in [4.69, 9.17) is 28.4 Å². The maximum atomic E-state index is 6.56. The molecule has 5 fully saturated rings. The molecule has 3 saturated heterocycles. The molecule has 0 amide bonds. The van der Waals surface area contributed by atoms with E-state index < -0.39 is 5.79 Å². The van der Waals surface area contributed by atoms with Gasteiger partial charge in [-0.25, -0.2) is 0 Å². The van der Waals surface area contributed by atoms with Crippen LogP contribution in [-0.2, 0) is 28.4 Å². The fourth-order valence-electron chi connectivity index (χ4n) is 5.11. The van der Waals surface area contributed by atoms with Gasteiger partial charge in [0.25, 0.3) is 0 Å². The second-order valence-corrected chi connectivity index (χ2v) is 7.72. The summed E-state index contributed by atoms with van der Waals surface area (Å²) >= 11 is 0. The lowest BCUT2D eigenvalue weighted by Gasteiger charge is -2.61. The quantitative estimate of drug-likeness (QED) is 0.669. The smallest absolute Gasteiger partial charge is 0.169 e. The fourth-order valence-corrected chi connectivity index (χ4v) is 5.11. The van der Waals surface area contributed by atoms with E-state index in [1.54, 1.807) is 0 Å². The van der Waals surface area contributed by atoms with Crippen LogP contribution in [0.3, 0.4) is 0 Å². The number of hydrogen-bond acceptors (Lipinski definition) is 6. The zero-order chi connectivity index (χ0) is 16.3. The Hall–Kier alpha value is -0.240. The minimum atomic E-state index is -0.405. The third-order valence-corrected chi connectivity index (χ3v) is 5.66. The molecule has 138 valence electrons. The number of rotatable bonds is 0. The third-order valence-electron chi connectivity index (χ3n) is 5.66. The van der Waals surface area contributed by atoms with Crippen LogP contribution in [0.25, 0.3) is 0 Å². The number of ether oxygens (including phenoxy) is 6. The summed E-state index contributed by atoms with van der Waals surface area (Å²) in [4.78, 5) is 0. The molecule has 5 rings (SSSR count). The molecule has 2 spiro atoms. The molecule has 3 heterocycles. The van der Waals surface area contributed by atoms with Crippen LogP contribution in [-0.4, -0.2) is 70.9 Å². The van der Waals surface area contributed by atoms with Crippen LogP contribution in [0.5, 0.6) is 0 Å². The molecule has 24 heavy (non-hydrogen) atoms. The van der Waals surface area contributed by atoms with Gasteiger partial charge in [-0.2, -0.15) is 0 Å². The van der Waals surface area contributed by atoms with Crippen molar-refractivity contribution in [2.75, 3.05) is 59.5 Å². The van der Waals surface area contributed by atoms with Crippen molar-refractivity contribution in [1.82, 2.24) is 0 Å². The first-order valence-electron chi connectivity index (χ1n) is 9.43. The molecule has 6 heteroatoms. The first kappa shape index (κ1) is 17.2. The van der Waals surface area contributed by atoms with Gasteiger partial charge in [0.05, 0.1) is 65.1 Å². The lowest BCUT2D eigenvalue weighted by molar-refractivity contribution is -0.378. The van der Waals surface area contributed by atoms with Crippen LogP contribution in [0.4, 0.5) is 0 Å². The van der Waals surface area contributed by atoms with Gasteiger partial charge in [-0.3, -0.25) is 0 Å². The van der Waals surface area contributed by atoms with Crippen molar-refractivity contribution in [3.63, 3.8) is 0 Å². The Kier molecular flexibility index (Phi) is 5.41. The van der Waals surface area contributed by atoms with Gasteiger partial charge in [0.1, 0.15) is 0 Å². The molecular formula is C18H30O6. The van der Waals surface area contributed by atoms with E-state index >= 15 is 0 Å². The molecule has 2 aliphatic carbocycles. The summed E-state index contributed by atoms with van der Waals surface area (Å²) in [5.41, 5.74) is -0.151. The van der Waals surface area contributed by atoms with Gasteiger partial charge in [-0.1, -0.05) is 0 Å². The van der Waals surface area contributed by atoms with Crippen molar-refractivity contribution in [2.24, 2.45) is 11.8 Å². The van der Waals surface area contributed by atoms with E-state index in [9.17, 15) is 0 Å². The van der Waals surface area contributed by atoms with Crippen LogP contribution in [0, 0.1) is 11.8 Å². The average molecular weight is 342 g/mol. The van der Waals surface area contributed by atoms with Crippen molar-refractivity contribution in [1.29, 1.82) is 0 Å². The minimum Gasteiger partial charge on any atom is -0.377 e. The minimum absolute atomic E-state index is 0.151. The molecule has 5 aliphatic rings. The first-order valence-corrected chi connectivity index (χ1v) is 9.43. The summed E-state index contributed by atoms with van der Waals surface area (Å²) in [5, 5.41) is 0. The lowest BCUT2D eigenvalue weighted by Crippen LogP contribution is -2.63. The molecule has 4 atom stereocenters. The molecule has 0 aromatic carbocycles. The van der Waals surface area contributed by atoms with Gasteiger partial charge < -0.3 is 28.4 Å². The van der Waals surface area contributed by atoms with E-state index in [1.165, 1.54) is 6.42 Å². The number of hydrogen-bond donors (Lipinski definition) is 0. The maximum Gasteiger partial charge on any atom is 0.169 e. The zero-order valence-electron chi connectivity index (χ0n) is 14.5. The largest absolute Gasteiger partial charge is 0.377 e. The van der Waals surface area contributed by atoms with Crippen molar-refractivity contribution < 1.29 is 28.4 Å². The van der Waals surface area contributed by atoms with Crippen molar-refractivity contribution in [3.8, 4) is 0 Å². The van der Waals surface area contributed by atoms with Crippen LogP contribution in [0.15, 0.2) is 0 Å². The van der Waals surface area contributed by atoms with Crippen molar-refractivity contribution in [2.45, 2.75) is 43.5 Å². The molecule has 4 bridgehead atoms. The molecule has 0 aromatic rings. The van der Waals surface area contributed by atoms with E-state index in [0.29, 0.717) is 71.3 Å². The SMILES string of the molecule is C1COCCOCC23C[C@H]4C[C@@H](C2)CC(C4)(OCCOCCO1)O3. The lowest BCUT2D eigenvalue weighted by atomic mass is 9.61. The van der Waals surface area contributed by atoms with Gasteiger partial charge in [0.2, 0.25) is 0 Å². The second kappa shape index (κ2) is 7.56. The van der Waals surface area contributed by atoms with Gasteiger partial charge in [0.15, 0.2) is 5.79 Å². The Balaban J connectivity index is 1.39. The summed E-state index contributed by atoms with van der Waals surface area (Å²) in [5.74, 6) is 1.02. The fraction of sp³-hybridized carbons (Fsp3) is 1.00. The van der Waals surface area contributed by atoms with Gasteiger partial charge >= 0.3 is 0 Å². The highest BCUT2D eigenvalue weighted by Crippen LogP contribution is 2.58. The van der Waals surface area contributed by atoms with Crippen LogP contribution < -0.4 is 0 Å². The van der Waals surface area contributed by atoms with Gasteiger partial charge in [-0.15, -0.1) is 0 Å². The normalized spacial score (nSPS) is 45.0. The highest BCUT2D eigenvalue weighted by atomic mass is 16.7. The molecule has 0 N–H and O–H groups in total. The van der Waals surface area contributed by atoms with Crippen molar-refractivity contribution in [3.05, 3.63) is 0 Å². The average Bonchev–Trinajstić information content (AvgIpc) is 2.53. The predicted octanol–water partition coefficient (Wildman–Crippen LogP) is 1.76. The Morgan fingerprint density at radius 3 is 1.75 bits per heavy atom. The molecule has 6 nitrogen and oxygen atoms in total. The van der Waals surface area contributed by atoms with Gasteiger partial charge in [-0.05, 0) is 31.1 Å². The van der Waals surface area contributed by atoms with Gasteiger partial charge in [0, 0.05) is 12.8 Å². The van der Waals surface area contributed by atoms with Crippen LogP contribution in [0.2, 0.25) is 0 Å².